The summed E-state index contributed by atoms with van der Waals surface area (Å²) in [6, 6.07) is 8.94. The number of aromatic nitrogens is 1. The summed E-state index contributed by atoms with van der Waals surface area (Å²) in [5, 5.41) is 2.15. The van der Waals surface area contributed by atoms with E-state index in [0.717, 1.165) is 26.0 Å². The maximum Gasteiger partial charge on any atom is 0.109 e. The van der Waals surface area contributed by atoms with Crippen molar-refractivity contribution in [2.24, 2.45) is 0 Å². The van der Waals surface area contributed by atoms with Crippen LogP contribution in [-0.2, 0) is 0 Å². The smallest absolute Gasteiger partial charge is 0.109 e. The molecule has 1 heterocycles. The first-order valence-electron chi connectivity index (χ1n) is 6.73. The van der Waals surface area contributed by atoms with Crippen molar-refractivity contribution in [1.82, 2.24) is 4.98 Å². The minimum absolute atomic E-state index is 0.321. The Labute approximate surface area is 188 Å². The lowest BCUT2D eigenvalue weighted by molar-refractivity contribution is 1.27. The third-order valence-electron chi connectivity index (χ3n) is 3.45. The van der Waals surface area contributed by atoms with E-state index >= 15 is 0 Å². The van der Waals surface area contributed by atoms with Gasteiger partial charge in [0.15, 0.2) is 0 Å². The molecule has 0 saturated carbocycles. The van der Waals surface area contributed by atoms with Gasteiger partial charge in [0.05, 0.1) is 30.1 Å². The Balaban J connectivity index is 2.17. The standard InChI is InChI=1S/C17H6Cl6IN/c18-11-2-7(3-12(19)15(11)22)9-1-10(17(24)25-6-9)8-4-13(20)16(23)14(21)5-8/h1-6H. The van der Waals surface area contributed by atoms with Crippen molar-refractivity contribution in [3.8, 4) is 22.3 Å². The summed E-state index contributed by atoms with van der Waals surface area (Å²) in [6.45, 7) is 0. The SMILES string of the molecule is Clc1cc(-c2cnc(I)c(-c3cc(Cl)c(Cl)c(Cl)c3)c2)cc(Cl)c1Cl. The van der Waals surface area contributed by atoms with Crippen molar-refractivity contribution >= 4 is 92.2 Å². The molecule has 3 aromatic rings. The summed E-state index contributed by atoms with van der Waals surface area (Å²) in [6.07, 6.45) is 1.74. The van der Waals surface area contributed by atoms with Gasteiger partial charge in [0, 0.05) is 17.3 Å². The second kappa shape index (κ2) is 7.97. The van der Waals surface area contributed by atoms with Crippen LogP contribution in [0.5, 0.6) is 0 Å². The molecule has 0 aliphatic rings. The van der Waals surface area contributed by atoms with Gasteiger partial charge >= 0.3 is 0 Å². The molecule has 2 aromatic carbocycles. The molecule has 3 rings (SSSR count). The zero-order chi connectivity index (χ0) is 18.3. The van der Waals surface area contributed by atoms with Gasteiger partial charge in [-0.1, -0.05) is 69.6 Å². The molecule has 1 aromatic heterocycles. The fourth-order valence-corrected chi connectivity index (χ4v) is 4.04. The first-order chi connectivity index (χ1) is 11.8. The summed E-state index contributed by atoms with van der Waals surface area (Å²) in [7, 11) is 0. The van der Waals surface area contributed by atoms with E-state index in [1.807, 2.05) is 6.07 Å². The number of nitrogens with zero attached hydrogens (tertiary/aromatic N) is 1. The Morgan fingerprint density at radius 2 is 1.04 bits per heavy atom. The van der Waals surface area contributed by atoms with E-state index in [2.05, 4.69) is 27.6 Å². The summed E-state index contributed by atoms with van der Waals surface area (Å²) in [4.78, 5) is 4.44. The van der Waals surface area contributed by atoms with Crippen LogP contribution in [0.25, 0.3) is 22.3 Å². The zero-order valence-corrected chi connectivity index (χ0v) is 18.8. The molecule has 0 unspecified atom stereocenters. The fourth-order valence-electron chi connectivity index (χ4n) is 2.24. The third kappa shape index (κ3) is 4.16. The highest BCUT2D eigenvalue weighted by Crippen LogP contribution is 2.39. The van der Waals surface area contributed by atoms with Crippen molar-refractivity contribution in [2.75, 3.05) is 0 Å². The highest BCUT2D eigenvalue weighted by molar-refractivity contribution is 14.1. The molecule has 0 spiro atoms. The Hall–Kier alpha value is 0.0600. The summed E-state index contributed by atoms with van der Waals surface area (Å²) < 4.78 is 0.793. The van der Waals surface area contributed by atoms with Crippen molar-refractivity contribution in [3.63, 3.8) is 0 Å². The van der Waals surface area contributed by atoms with E-state index in [0.29, 0.717) is 30.1 Å². The van der Waals surface area contributed by atoms with Gasteiger partial charge in [0.25, 0.3) is 0 Å². The second-order valence-electron chi connectivity index (χ2n) is 5.07. The van der Waals surface area contributed by atoms with Crippen LogP contribution in [0.1, 0.15) is 0 Å². The molecule has 0 bridgehead atoms. The van der Waals surface area contributed by atoms with Crippen molar-refractivity contribution in [1.29, 1.82) is 0 Å². The Morgan fingerprint density at radius 3 is 1.52 bits per heavy atom. The maximum atomic E-state index is 6.15. The molecule has 0 aliphatic heterocycles. The average Bonchev–Trinajstić information content (AvgIpc) is 2.57. The molecule has 25 heavy (non-hydrogen) atoms. The number of pyridine rings is 1. The van der Waals surface area contributed by atoms with Crippen LogP contribution in [-0.4, -0.2) is 4.98 Å². The van der Waals surface area contributed by atoms with Gasteiger partial charge in [-0.3, -0.25) is 0 Å². The van der Waals surface area contributed by atoms with E-state index < -0.39 is 0 Å². The topological polar surface area (TPSA) is 12.9 Å². The van der Waals surface area contributed by atoms with E-state index in [4.69, 9.17) is 69.6 Å². The molecular weight excluding hydrogens is 558 g/mol. The molecule has 1 nitrogen and oxygen atoms in total. The van der Waals surface area contributed by atoms with Crippen LogP contribution in [0.15, 0.2) is 36.5 Å². The van der Waals surface area contributed by atoms with Crippen LogP contribution < -0.4 is 0 Å². The Morgan fingerprint density at radius 1 is 0.600 bits per heavy atom. The highest BCUT2D eigenvalue weighted by atomic mass is 127. The number of benzene rings is 2. The first-order valence-corrected chi connectivity index (χ1v) is 10.1. The largest absolute Gasteiger partial charge is 0.249 e. The Kier molecular flexibility index (Phi) is 6.32. The summed E-state index contributed by atoms with van der Waals surface area (Å²) >= 11 is 38.7. The molecule has 0 N–H and O–H groups in total. The van der Waals surface area contributed by atoms with Gasteiger partial charge in [-0.25, -0.2) is 4.98 Å². The van der Waals surface area contributed by atoms with Crippen molar-refractivity contribution < 1.29 is 0 Å². The third-order valence-corrected chi connectivity index (χ3v) is 6.70. The van der Waals surface area contributed by atoms with E-state index in [9.17, 15) is 0 Å². The number of hydrogen-bond acceptors (Lipinski definition) is 1. The molecule has 0 radical (unpaired) electrons. The minimum atomic E-state index is 0.321. The van der Waals surface area contributed by atoms with Crippen LogP contribution in [0.2, 0.25) is 30.1 Å². The monoisotopic (exact) mass is 561 g/mol. The lowest BCUT2D eigenvalue weighted by atomic mass is 10.0. The summed E-state index contributed by atoms with van der Waals surface area (Å²) in [5.74, 6) is 0. The molecule has 128 valence electrons. The molecule has 0 aliphatic carbocycles. The van der Waals surface area contributed by atoms with Gasteiger partial charge in [0.2, 0.25) is 0 Å². The van der Waals surface area contributed by atoms with Crippen LogP contribution >= 0.6 is 92.2 Å². The van der Waals surface area contributed by atoms with E-state index in [1.54, 1.807) is 30.5 Å². The molecule has 0 fully saturated rings. The second-order valence-corrected chi connectivity index (χ2v) is 8.48. The summed E-state index contributed by atoms with van der Waals surface area (Å²) in [5.41, 5.74) is 3.30. The molecule has 0 saturated heterocycles. The lowest BCUT2D eigenvalue weighted by Crippen LogP contribution is -1.91. The molecule has 0 amide bonds. The van der Waals surface area contributed by atoms with Gasteiger partial charge in [0.1, 0.15) is 3.70 Å². The average molecular weight is 564 g/mol. The predicted octanol–water partition coefficient (Wildman–Crippen LogP) is 8.94. The quantitative estimate of drug-likeness (QED) is 0.172. The highest BCUT2D eigenvalue weighted by Gasteiger charge is 2.13. The van der Waals surface area contributed by atoms with E-state index in [1.165, 1.54) is 0 Å². The normalized spacial score (nSPS) is 11.0. The van der Waals surface area contributed by atoms with Gasteiger partial charge in [-0.2, -0.15) is 0 Å². The minimum Gasteiger partial charge on any atom is -0.249 e. The first kappa shape index (κ1) is 19.8. The molecule has 8 heteroatoms. The Bertz CT molecular complexity index is 943. The predicted molar refractivity (Wildman–Crippen MR) is 118 cm³/mol. The van der Waals surface area contributed by atoms with Crippen molar-refractivity contribution in [2.45, 2.75) is 0 Å². The maximum absolute atomic E-state index is 6.15. The van der Waals surface area contributed by atoms with Crippen LogP contribution in [0.4, 0.5) is 0 Å². The van der Waals surface area contributed by atoms with Crippen LogP contribution in [0, 0.1) is 3.70 Å². The van der Waals surface area contributed by atoms with E-state index in [-0.39, 0.29) is 0 Å². The van der Waals surface area contributed by atoms with Gasteiger partial charge in [-0.15, -0.1) is 0 Å². The van der Waals surface area contributed by atoms with Gasteiger partial charge in [-0.05, 0) is 64.0 Å². The van der Waals surface area contributed by atoms with Crippen LogP contribution in [0.3, 0.4) is 0 Å². The fraction of sp³-hybridized carbons (Fsp3) is 0. The van der Waals surface area contributed by atoms with Crippen molar-refractivity contribution in [3.05, 3.63) is 70.4 Å². The molecular formula is C17H6Cl6IN. The van der Waals surface area contributed by atoms with Gasteiger partial charge < -0.3 is 0 Å². The number of halogens is 7. The zero-order valence-electron chi connectivity index (χ0n) is 12.1. The number of hydrogen-bond donors (Lipinski definition) is 0. The molecule has 0 atom stereocenters. The lowest BCUT2D eigenvalue weighted by Gasteiger charge is -2.11. The number of rotatable bonds is 2.